The Morgan fingerprint density at radius 2 is 2.26 bits per heavy atom. The Bertz CT molecular complexity index is 859. The lowest BCUT2D eigenvalue weighted by Gasteiger charge is -2.00. The monoisotopic (exact) mass is 333 g/mol. The van der Waals surface area contributed by atoms with E-state index in [1.54, 1.807) is 12.1 Å². The number of furan rings is 1. The molecule has 0 aliphatic heterocycles. The average molecular weight is 334 g/mol. The van der Waals surface area contributed by atoms with E-state index in [1.165, 1.54) is 24.4 Å². The van der Waals surface area contributed by atoms with Gasteiger partial charge in [-0.25, -0.2) is 5.43 Å². The summed E-state index contributed by atoms with van der Waals surface area (Å²) in [6, 6.07) is 7.40. The zero-order chi connectivity index (χ0) is 16.2. The lowest BCUT2D eigenvalue weighted by Crippen LogP contribution is -1.91. The van der Waals surface area contributed by atoms with Gasteiger partial charge in [0, 0.05) is 17.7 Å². The van der Waals surface area contributed by atoms with Crippen LogP contribution in [0.4, 0.5) is 11.6 Å². The molecule has 116 valence electrons. The lowest BCUT2D eigenvalue weighted by molar-refractivity contribution is -0.384. The van der Waals surface area contributed by atoms with E-state index in [0.29, 0.717) is 22.1 Å². The zero-order valence-electron chi connectivity index (χ0n) is 11.3. The number of tetrazole rings is 1. The quantitative estimate of drug-likeness (QED) is 0.416. The van der Waals surface area contributed by atoms with E-state index in [4.69, 9.17) is 16.0 Å². The number of rotatable bonds is 5. The van der Waals surface area contributed by atoms with Crippen molar-refractivity contribution < 1.29 is 9.34 Å². The summed E-state index contributed by atoms with van der Waals surface area (Å²) < 4.78 is 5.54. The Balaban J connectivity index is 1.80. The van der Waals surface area contributed by atoms with E-state index in [-0.39, 0.29) is 11.6 Å². The molecule has 11 heteroatoms. The molecule has 0 aliphatic rings. The summed E-state index contributed by atoms with van der Waals surface area (Å²) in [6.07, 6.45) is 1.39. The lowest BCUT2D eigenvalue weighted by atomic mass is 10.1. The standard InChI is InChI=1S/C12H8ClN7O3/c13-10-3-1-7(20(21)22)5-9(10)11-4-2-8(23-11)6-14-15-12-16-18-19-17-12/h1-6H,(H2,15,16,17,18,19). The maximum Gasteiger partial charge on any atom is 0.283 e. The molecule has 0 amide bonds. The van der Waals surface area contributed by atoms with Crippen LogP contribution in [-0.2, 0) is 0 Å². The Morgan fingerprint density at radius 1 is 1.39 bits per heavy atom. The first-order valence-electron chi connectivity index (χ1n) is 6.20. The first kappa shape index (κ1) is 14.7. The highest BCUT2D eigenvalue weighted by Crippen LogP contribution is 2.32. The number of nitrogens with zero attached hydrogens (tertiary/aromatic N) is 5. The average Bonchev–Trinajstić information content (AvgIpc) is 3.19. The molecule has 0 spiro atoms. The van der Waals surface area contributed by atoms with Crippen LogP contribution in [0, 0.1) is 10.1 Å². The van der Waals surface area contributed by atoms with Crippen molar-refractivity contribution in [1.29, 1.82) is 0 Å². The van der Waals surface area contributed by atoms with E-state index >= 15 is 0 Å². The maximum atomic E-state index is 10.8. The Labute approximate surface area is 133 Å². The summed E-state index contributed by atoms with van der Waals surface area (Å²) >= 11 is 6.06. The van der Waals surface area contributed by atoms with Gasteiger partial charge in [0.2, 0.25) is 0 Å². The highest BCUT2D eigenvalue weighted by atomic mass is 35.5. The van der Waals surface area contributed by atoms with Crippen LogP contribution in [0.5, 0.6) is 0 Å². The molecule has 1 aromatic carbocycles. The molecule has 0 saturated heterocycles. The summed E-state index contributed by atoms with van der Waals surface area (Å²) in [5.74, 6) is 1.01. The van der Waals surface area contributed by atoms with Crippen molar-refractivity contribution in [3.8, 4) is 11.3 Å². The second kappa shape index (κ2) is 6.23. The number of benzene rings is 1. The van der Waals surface area contributed by atoms with Crippen molar-refractivity contribution in [3.05, 3.63) is 51.2 Å². The predicted molar refractivity (Wildman–Crippen MR) is 81.2 cm³/mol. The SMILES string of the molecule is O=[N+]([O-])c1ccc(Cl)c(-c2ccc(C=NNc3nn[nH]n3)o2)c1. The van der Waals surface area contributed by atoms with Crippen molar-refractivity contribution in [2.24, 2.45) is 5.10 Å². The van der Waals surface area contributed by atoms with E-state index in [0.717, 1.165) is 0 Å². The molecule has 2 aromatic heterocycles. The van der Waals surface area contributed by atoms with Crippen LogP contribution in [0.2, 0.25) is 5.02 Å². The molecule has 0 aliphatic carbocycles. The van der Waals surface area contributed by atoms with Crippen LogP contribution >= 0.6 is 11.6 Å². The third kappa shape index (κ3) is 3.32. The molecule has 0 bridgehead atoms. The number of H-pyrrole nitrogens is 1. The van der Waals surface area contributed by atoms with Crippen LogP contribution in [0.25, 0.3) is 11.3 Å². The van der Waals surface area contributed by atoms with Crippen LogP contribution in [0.1, 0.15) is 5.76 Å². The van der Waals surface area contributed by atoms with Crippen molar-refractivity contribution >= 4 is 29.5 Å². The van der Waals surface area contributed by atoms with Gasteiger partial charge in [0.25, 0.3) is 11.6 Å². The number of nitro groups is 1. The first-order chi connectivity index (χ1) is 11.1. The summed E-state index contributed by atoms with van der Waals surface area (Å²) in [5.41, 5.74) is 2.88. The molecule has 10 nitrogen and oxygen atoms in total. The Morgan fingerprint density at radius 3 is 3.00 bits per heavy atom. The topological polar surface area (TPSA) is 135 Å². The Kier molecular flexibility index (Phi) is 3.97. The number of nitro benzene ring substituents is 1. The summed E-state index contributed by atoms with van der Waals surface area (Å²) in [4.78, 5) is 10.3. The van der Waals surface area contributed by atoms with Gasteiger partial charge in [-0.1, -0.05) is 16.7 Å². The normalized spacial score (nSPS) is 11.0. The van der Waals surface area contributed by atoms with Crippen LogP contribution in [0.15, 0.2) is 39.9 Å². The molecule has 23 heavy (non-hydrogen) atoms. The van der Waals surface area contributed by atoms with Crippen LogP contribution in [-0.4, -0.2) is 31.8 Å². The summed E-state index contributed by atoms with van der Waals surface area (Å²) in [5, 5.41) is 28.0. The zero-order valence-corrected chi connectivity index (χ0v) is 12.1. The largest absolute Gasteiger partial charge is 0.455 e. The number of aromatic amines is 1. The molecular weight excluding hydrogens is 326 g/mol. The third-order valence-corrected chi connectivity index (χ3v) is 3.08. The highest BCUT2D eigenvalue weighted by molar-refractivity contribution is 6.33. The fourth-order valence-corrected chi connectivity index (χ4v) is 1.96. The Hall–Kier alpha value is -3.27. The van der Waals surface area contributed by atoms with Gasteiger partial charge >= 0.3 is 0 Å². The van der Waals surface area contributed by atoms with Crippen molar-refractivity contribution in [3.63, 3.8) is 0 Å². The molecule has 2 heterocycles. The molecule has 2 N–H and O–H groups in total. The van der Waals surface area contributed by atoms with E-state index in [2.05, 4.69) is 31.2 Å². The second-order valence-electron chi connectivity index (χ2n) is 4.23. The fourth-order valence-electron chi connectivity index (χ4n) is 1.75. The predicted octanol–water partition coefficient (Wildman–Crippen LogP) is 2.47. The fraction of sp³-hybridized carbons (Fsp3) is 0. The van der Waals surface area contributed by atoms with E-state index < -0.39 is 4.92 Å². The first-order valence-corrected chi connectivity index (χ1v) is 6.58. The highest BCUT2D eigenvalue weighted by Gasteiger charge is 2.14. The number of anilines is 1. The van der Waals surface area contributed by atoms with Gasteiger partial charge in [0.15, 0.2) is 0 Å². The minimum Gasteiger partial charge on any atom is -0.455 e. The molecule has 0 unspecified atom stereocenters. The van der Waals surface area contributed by atoms with Gasteiger partial charge in [0.05, 0.1) is 16.2 Å². The molecule has 0 saturated carbocycles. The van der Waals surface area contributed by atoms with Gasteiger partial charge in [-0.3, -0.25) is 10.1 Å². The molecule has 0 radical (unpaired) electrons. The summed E-state index contributed by atoms with van der Waals surface area (Å²) in [7, 11) is 0. The number of hydrogen-bond acceptors (Lipinski definition) is 8. The van der Waals surface area contributed by atoms with Crippen molar-refractivity contribution in [1.82, 2.24) is 20.6 Å². The van der Waals surface area contributed by atoms with Gasteiger partial charge in [0.1, 0.15) is 11.5 Å². The van der Waals surface area contributed by atoms with E-state index in [9.17, 15) is 10.1 Å². The van der Waals surface area contributed by atoms with Crippen molar-refractivity contribution in [2.75, 3.05) is 5.43 Å². The third-order valence-electron chi connectivity index (χ3n) is 2.75. The van der Waals surface area contributed by atoms with Gasteiger partial charge in [-0.05, 0) is 23.4 Å². The number of nitrogens with one attached hydrogen (secondary N) is 2. The molecule has 3 rings (SSSR count). The van der Waals surface area contributed by atoms with Crippen LogP contribution in [0.3, 0.4) is 0 Å². The molecular formula is C12H8ClN7O3. The van der Waals surface area contributed by atoms with Gasteiger partial charge < -0.3 is 4.42 Å². The molecule has 3 aromatic rings. The van der Waals surface area contributed by atoms with Gasteiger partial charge in [-0.15, -0.1) is 5.10 Å². The number of halogens is 1. The number of aromatic nitrogens is 4. The van der Waals surface area contributed by atoms with E-state index in [1.807, 2.05) is 0 Å². The smallest absolute Gasteiger partial charge is 0.283 e. The number of non-ortho nitro benzene ring substituents is 1. The van der Waals surface area contributed by atoms with Gasteiger partial charge in [-0.2, -0.15) is 10.3 Å². The second-order valence-corrected chi connectivity index (χ2v) is 4.64. The minimum absolute atomic E-state index is 0.0743. The van der Waals surface area contributed by atoms with Crippen molar-refractivity contribution in [2.45, 2.75) is 0 Å². The molecule has 0 atom stereocenters. The maximum absolute atomic E-state index is 10.8. The number of hydrazone groups is 1. The van der Waals surface area contributed by atoms with Crippen LogP contribution < -0.4 is 5.43 Å². The molecule has 0 fully saturated rings. The number of hydrogen-bond donors (Lipinski definition) is 2. The minimum atomic E-state index is -0.500. The summed E-state index contributed by atoms with van der Waals surface area (Å²) in [6.45, 7) is 0.